The number of para-hydroxylation sites is 1. The van der Waals surface area contributed by atoms with Gasteiger partial charge in [-0.25, -0.2) is 0 Å². The molecule has 5 aromatic rings. The minimum atomic E-state index is 0.531. The summed E-state index contributed by atoms with van der Waals surface area (Å²) in [6.07, 6.45) is 0. The molecule has 0 unspecified atom stereocenters. The van der Waals surface area contributed by atoms with Gasteiger partial charge < -0.3 is 8.98 Å². The van der Waals surface area contributed by atoms with Crippen LogP contribution in [0.1, 0.15) is 25.3 Å². The molecule has 2 nitrogen and oxygen atoms in total. The van der Waals surface area contributed by atoms with Crippen LogP contribution in [0.3, 0.4) is 0 Å². The number of rotatable bonds is 1. The number of fused-ring (bicyclic) bond motifs is 6. The molecule has 0 spiro atoms. The highest BCUT2D eigenvalue weighted by Gasteiger charge is 2.14. The first kappa shape index (κ1) is 13.7. The standard InChI is InChI=1S/C22H19NO/c1-13(2)14-8-9-19-16(10-14)17-11-18-15-6-4-5-7-21(15)24-22(18)12-20(17)23(19)3/h4-13H,1-3H3. The molecule has 5 rings (SSSR count). The lowest BCUT2D eigenvalue weighted by Crippen LogP contribution is -1.88. The van der Waals surface area contributed by atoms with Crippen LogP contribution in [-0.4, -0.2) is 4.57 Å². The number of aryl methyl sites for hydroxylation is 1. The average Bonchev–Trinajstić information content (AvgIpc) is 3.09. The molecule has 0 saturated carbocycles. The summed E-state index contributed by atoms with van der Waals surface area (Å²) in [5.41, 5.74) is 5.78. The van der Waals surface area contributed by atoms with Gasteiger partial charge in [0.15, 0.2) is 0 Å². The summed E-state index contributed by atoms with van der Waals surface area (Å²) in [5, 5.41) is 5.01. The number of hydrogen-bond acceptors (Lipinski definition) is 1. The van der Waals surface area contributed by atoms with Crippen molar-refractivity contribution in [1.82, 2.24) is 4.57 Å². The van der Waals surface area contributed by atoms with Crippen LogP contribution in [0.15, 0.2) is 59.0 Å². The lowest BCUT2D eigenvalue weighted by atomic mass is 10.0. The molecule has 2 aromatic heterocycles. The normalized spacial score (nSPS) is 12.3. The van der Waals surface area contributed by atoms with Crippen LogP contribution in [0.5, 0.6) is 0 Å². The van der Waals surface area contributed by atoms with Crippen LogP contribution in [0.4, 0.5) is 0 Å². The number of furan rings is 1. The first-order valence-corrected chi connectivity index (χ1v) is 8.47. The molecule has 2 heteroatoms. The van der Waals surface area contributed by atoms with Gasteiger partial charge in [-0.3, -0.25) is 0 Å². The van der Waals surface area contributed by atoms with Gasteiger partial charge in [-0.2, -0.15) is 0 Å². The second kappa shape index (κ2) is 4.64. The van der Waals surface area contributed by atoms with E-state index in [4.69, 9.17) is 4.42 Å². The van der Waals surface area contributed by atoms with Crippen LogP contribution in [0.25, 0.3) is 43.7 Å². The fourth-order valence-electron chi connectivity index (χ4n) is 3.80. The number of aromatic nitrogens is 1. The SMILES string of the molecule is CC(C)c1ccc2c(c1)c1cc3c(cc1n2C)oc1ccccc13. The van der Waals surface area contributed by atoms with E-state index in [1.54, 1.807) is 0 Å². The summed E-state index contributed by atoms with van der Waals surface area (Å²) in [6, 6.07) is 19.6. The van der Waals surface area contributed by atoms with Crippen LogP contribution in [-0.2, 0) is 7.05 Å². The molecule has 24 heavy (non-hydrogen) atoms. The van der Waals surface area contributed by atoms with Crippen molar-refractivity contribution in [2.75, 3.05) is 0 Å². The summed E-state index contributed by atoms with van der Waals surface area (Å²) in [5.74, 6) is 0.531. The third-order valence-corrected chi connectivity index (χ3v) is 5.20. The molecule has 0 aliphatic rings. The van der Waals surface area contributed by atoms with Gasteiger partial charge in [0.05, 0.1) is 5.52 Å². The molecule has 0 amide bonds. The van der Waals surface area contributed by atoms with Crippen molar-refractivity contribution in [3.63, 3.8) is 0 Å². The molecule has 118 valence electrons. The highest BCUT2D eigenvalue weighted by Crippen LogP contribution is 2.37. The third kappa shape index (κ3) is 1.71. The van der Waals surface area contributed by atoms with Crippen molar-refractivity contribution in [1.29, 1.82) is 0 Å². The molecule has 0 N–H and O–H groups in total. The van der Waals surface area contributed by atoms with Gasteiger partial charge in [0.25, 0.3) is 0 Å². The van der Waals surface area contributed by atoms with E-state index < -0.39 is 0 Å². The highest BCUT2D eigenvalue weighted by molar-refractivity contribution is 6.16. The minimum Gasteiger partial charge on any atom is -0.456 e. The maximum absolute atomic E-state index is 6.06. The Kier molecular flexibility index (Phi) is 2.64. The van der Waals surface area contributed by atoms with Crippen molar-refractivity contribution in [3.05, 3.63) is 60.2 Å². The van der Waals surface area contributed by atoms with E-state index >= 15 is 0 Å². The third-order valence-electron chi connectivity index (χ3n) is 5.20. The lowest BCUT2D eigenvalue weighted by Gasteiger charge is -2.05. The molecule has 3 aromatic carbocycles. The van der Waals surface area contributed by atoms with Crippen molar-refractivity contribution in [3.8, 4) is 0 Å². The maximum Gasteiger partial charge on any atom is 0.137 e. The summed E-state index contributed by atoms with van der Waals surface area (Å²) < 4.78 is 8.33. The minimum absolute atomic E-state index is 0.531. The highest BCUT2D eigenvalue weighted by atomic mass is 16.3. The first-order chi connectivity index (χ1) is 11.6. The smallest absolute Gasteiger partial charge is 0.137 e. The van der Waals surface area contributed by atoms with E-state index in [9.17, 15) is 0 Å². The molecule has 0 saturated heterocycles. The molecule has 0 aliphatic carbocycles. The van der Waals surface area contributed by atoms with Crippen molar-refractivity contribution in [2.24, 2.45) is 7.05 Å². The van der Waals surface area contributed by atoms with Gasteiger partial charge in [-0.1, -0.05) is 38.1 Å². The van der Waals surface area contributed by atoms with E-state index in [1.165, 1.54) is 38.1 Å². The van der Waals surface area contributed by atoms with E-state index in [1.807, 2.05) is 12.1 Å². The topological polar surface area (TPSA) is 18.1 Å². The second-order valence-electron chi connectivity index (χ2n) is 6.95. The van der Waals surface area contributed by atoms with Crippen LogP contribution in [0, 0.1) is 0 Å². The molecular weight excluding hydrogens is 294 g/mol. The predicted octanol–water partition coefficient (Wildman–Crippen LogP) is 6.35. The Morgan fingerprint density at radius 1 is 0.750 bits per heavy atom. The van der Waals surface area contributed by atoms with E-state index in [0.717, 1.165) is 11.2 Å². The van der Waals surface area contributed by atoms with Crippen molar-refractivity contribution < 1.29 is 4.42 Å². The molecular formula is C22H19NO. The zero-order chi connectivity index (χ0) is 16.4. The maximum atomic E-state index is 6.06. The zero-order valence-corrected chi connectivity index (χ0v) is 14.1. The van der Waals surface area contributed by atoms with Gasteiger partial charge in [0, 0.05) is 40.2 Å². The number of benzene rings is 3. The predicted molar refractivity (Wildman–Crippen MR) is 102 cm³/mol. The van der Waals surface area contributed by atoms with E-state index in [0.29, 0.717) is 5.92 Å². The van der Waals surface area contributed by atoms with Gasteiger partial charge in [-0.05, 0) is 35.7 Å². The lowest BCUT2D eigenvalue weighted by molar-refractivity contribution is 0.669. The first-order valence-electron chi connectivity index (χ1n) is 8.47. The largest absolute Gasteiger partial charge is 0.456 e. The summed E-state index contributed by atoms with van der Waals surface area (Å²) in [4.78, 5) is 0. The zero-order valence-electron chi connectivity index (χ0n) is 14.1. The monoisotopic (exact) mass is 313 g/mol. The fourth-order valence-corrected chi connectivity index (χ4v) is 3.80. The van der Waals surface area contributed by atoms with Crippen molar-refractivity contribution >= 4 is 43.7 Å². The molecule has 0 bridgehead atoms. The summed E-state index contributed by atoms with van der Waals surface area (Å²) in [7, 11) is 2.13. The Morgan fingerprint density at radius 3 is 2.38 bits per heavy atom. The Morgan fingerprint density at radius 2 is 1.54 bits per heavy atom. The molecule has 0 radical (unpaired) electrons. The molecule has 0 fully saturated rings. The Balaban J connectivity index is 1.97. The average molecular weight is 313 g/mol. The molecule has 0 atom stereocenters. The Hall–Kier alpha value is -2.74. The van der Waals surface area contributed by atoms with Crippen LogP contribution < -0.4 is 0 Å². The Bertz CT molecular complexity index is 1240. The van der Waals surface area contributed by atoms with Gasteiger partial charge >= 0.3 is 0 Å². The van der Waals surface area contributed by atoms with Gasteiger partial charge in [0.2, 0.25) is 0 Å². The number of hydrogen-bond donors (Lipinski definition) is 0. The van der Waals surface area contributed by atoms with Crippen molar-refractivity contribution in [2.45, 2.75) is 19.8 Å². The van der Waals surface area contributed by atoms with E-state index in [2.05, 4.69) is 67.9 Å². The quantitative estimate of drug-likeness (QED) is 0.352. The van der Waals surface area contributed by atoms with Gasteiger partial charge in [-0.15, -0.1) is 0 Å². The molecule has 0 aliphatic heterocycles. The fraction of sp³-hybridized carbons (Fsp3) is 0.182. The molecule has 2 heterocycles. The van der Waals surface area contributed by atoms with Crippen LogP contribution in [0.2, 0.25) is 0 Å². The van der Waals surface area contributed by atoms with Gasteiger partial charge in [0.1, 0.15) is 11.2 Å². The Labute approximate surface area is 140 Å². The second-order valence-corrected chi connectivity index (χ2v) is 6.95. The summed E-state index contributed by atoms with van der Waals surface area (Å²) >= 11 is 0. The van der Waals surface area contributed by atoms with E-state index in [-0.39, 0.29) is 0 Å². The van der Waals surface area contributed by atoms with Crippen LogP contribution >= 0.6 is 0 Å². The summed E-state index contributed by atoms with van der Waals surface area (Å²) in [6.45, 7) is 4.49. The number of nitrogens with zero attached hydrogens (tertiary/aromatic N) is 1.